The van der Waals surface area contributed by atoms with Crippen molar-refractivity contribution in [3.63, 3.8) is 0 Å². The lowest BCUT2D eigenvalue weighted by Crippen LogP contribution is -2.49. The van der Waals surface area contributed by atoms with Crippen LogP contribution in [0.4, 0.5) is 0 Å². The molecule has 3 nitrogen and oxygen atoms in total. The Kier molecular flexibility index (Phi) is 4.14. The van der Waals surface area contributed by atoms with E-state index >= 15 is 0 Å². The molecule has 0 aliphatic heterocycles. The van der Waals surface area contributed by atoms with Crippen LogP contribution in [0.1, 0.15) is 39.0 Å². The number of hydrogen-bond acceptors (Lipinski definition) is 3. The first-order chi connectivity index (χ1) is 11.6. The topological polar surface area (TPSA) is 43.4 Å². The average Bonchev–Trinajstić information content (AvgIpc) is 2.60. The van der Waals surface area contributed by atoms with Gasteiger partial charge in [-0.25, -0.2) is 0 Å². The summed E-state index contributed by atoms with van der Waals surface area (Å²) in [6.07, 6.45) is 14.4. The molecule has 24 heavy (non-hydrogen) atoms. The fourth-order valence-electron chi connectivity index (χ4n) is 6.20. The zero-order valence-electron chi connectivity index (χ0n) is 14.7. The van der Waals surface area contributed by atoms with Crippen LogP contribution in [0.25, 0.3) is 0 Å². The molecule has 0 amide bonds. The summed E-state index contributed by atoms with van der Waals surface area (Å²) < 4.78 is 5.10. The third-order valence-electron chi connectivity index (χ3n) is 7.24. The highest BCUT2D eigenvalue weighted by molar-refractivity contribution is 5.83. The van der Waals surface area contributed by atoms with E-state index in [1.807, 2.05) is 0 Å². The van der Waals surface area contributed by atoms with Crippen molar-refractivity contribution in [1.29, 1.82) is 0 Å². The maximum Gasteiger partial charge on any atom is 0.309 e. The zero-order chi connectivity index (χ0) is 16.8. The summed E-state index contributed by atoms with van der Waals surface area (Å²) in [5.41, 5.74) is 0. The molecular weight excluding hydrogens is 300 g/mol. The zero-order valence-corrected chi connectivity index (χ0v) is 14.7. The second kappa shape index (κ2) is 6.16. The first-order valence-corrected chi connectivity index (χ1v) is 9.59. The summed E-state index contributed by atoms with van der Waals surface area (Å²) in [5.74, 6) is 2.98. The highest BCUT2D eigenvalue weighted by Crippen LogP contribution is 2.54. The van der Waals surface area contributed by atoms with E-state index in [1.54, 1.807) is 0 Å². The Labute approximate surface area is 144 Å². The number of carbonyl (C=O) groups is 2. The Balaban J connectivity index is 1.65. The van der Waals surface area contributed by atoms with E-state index in [0.717, 1.165) is 25.7 Å². The fraction of sp³-hybridized carbons (Fsp3) is 0.714. The lowest BCUT2D eigenvalue weighted by atomic mass is 9.52. The Morgan fingerprint density at radius 3 is 2.54 bits per heavy atom. The Morgan fingerprint density at radius 1 is 1.04 bits per heavy atom. The summed E-state index contributed by atoms with van der Waals surface area (Å²) in [5, 5.41) is 0. The van der Waals surface area contributed by atoms with Crippen molar-refractivity contribution in [3.8, 4) is 0 Å². The van der Waals surface area contributed by atoms with Gasteiger partial charge in [0.15, 0.2) is 0 Å². The van der Waals surface area contributed by atoms with Gasteiger partial charge in [-0.15, -0.1) is 0 Å². The number of ketones is 1. The van der Waals surface area contributed by atoms with Crippen LogP contribution in [0.5, 0.6) is 0 Å². The molecule has 0 heterocycles. The Bertz CT molecular complexity index is 590. The van der Waals surface area contributed by atoms with E-state index in [9.17, 15) is 9.59 Å². The van der Waals surface area contributed by atoms with Gasteiger partial charge in [-0.2, -0.15) is 0 Å². The standard InChI is InChI=1S/C21H28O3/c1-12-6-8-14-15-9-7-13-4-3-5-18(22)20(13)17(15)11-10-16(14)19(12)21(23)24-2/h6-9,12-17,19-20H,3-5,10-11H2,1-2H3/t12?,13-,14-,15?,16?,17-,19-,20-/m1/s1. The van der Waals surface area contributed by atoms with Gasteiger partial charge in [0.2, 0.25) is 0 Å². The van der Waals surface area contributed by atoms with Crippen molar-refractivity contribution in [2.45, 2.75) is 39.0 Å². The largest absolute Gasteiger partial charge is 0.469 e. The molecule has 0 N–H and O–H groups in total. The lowest BCUT2D eigenvalue weighted by molar-refractivity contribution is -0.152. The fourth-order valence-corrected chi connectivity index (χ4v) is 6.20. The molecule has 3 unspecified atom stereocenters. The number of rotatable bonds is 1. The van der Waals surface area contributed by atoms with Crippen LogP contribution in [-0.2, 0) is 14.3 Å². The van der Waals surface area contributed by atoms with Crippen LogP contribution in [-0.4, -0.2) is 18.9 Å². The number of hydrogen-bond donors (Lipinski definition) is 0. The van der Waals surface area contributed by atoms with Crippen molar-refractivity contribution in [2.24, 2.45) is 47.3 Å². The summed E-state index contributed by atoms with van der Waals surface area (Å²) >= 11 is 0. The van der Waals surface area contributed by atoms with Crippen LogP contribution < -0.4 is 0 Å². The highest BCUT2D eigenvalue weighted by atomic mass is 16.5. The van der Waals surface area contributed by atoms with Gasteiger partial charge >= 0.3 is 5.97 Å². The molecule has 2 fully saturated rings. The molecule has 0 aromatic heterocycles. The molecule has 3 heteroatoms. The van der Waals surface area contributed by atoms with Crippen LogP contribution in [0.15, 0.2) is 24.3 Å². The molecule has 4 aliphatic carbocycles. The molecule has 0 aromatic rings. The van der Waals surface area contributed by atoms with E-state index < -0.39 is 0 Å². The van der Waals surface area contributed by atoms with Crippen LogP contribution in [0, 0.1) is 47.3 Å². The number of Topliss-reactive ketones (excluding diaryl/α,β-unsaturated/α-hetero) is 1. The van der Waals surface area contributed by atoms with Gasteiger partial charge in [0.05, 0.1) is 13.0 Å². The highest BCUT2D eigenvalue weighted by Gasteiger charge is 2.51. The van der Waals surface area contributed by atoms with Gasteiger partial charge < -0.3 is 4.74 Å². The number of ether oxygens (including phenoxy) is 1. The van der Waals surface area contributed by atoms with E-state index in [0.29, 0.717) is 35.4 Å². The SMILES string of the molecule is COC(=O)[C@@H]1C(C)C=C[C@H]2C1CC[C@@H]1C2C=C[C@H]2CCCC(=O)[C@@H]12. The van der Waals surface area contributed by atoms with Crippen molar-refractivity contribution in [2.75, 3.05) is 7.11 Å². The molecule has 0 bridgehead atoms. The molecular formula is C21H28O3. The first kappa shape index (κ1) is 16.1. The predicted molar refractivity (Wildman–Crippen MR) is 92.0 cm³/mol. The number of methoxy groups -OCH3 is 1. The van der Waals surface area contributed by atoms with Gasteiger partial charge in [-0.1, -0.05) is 31.2 Å². The smallest absolute Gasteiger partial charge is 0.309 e. The third-order valence-corrected chi connectivity index (χ3v) is 7.24. The maximum atomic E-state index is 12.6. The molecule has 130 valence electrons. The van der Waals surface area contributed by atoms with Gasteiger partial charge in [0.25, 0.3) is 0 Å². The van der Waals surface area contributed by atoms with E-state index in [-0.39, 0.29) is 23.7 Å². The molecule has 0 spiro atoms. The minimum absolute atomic E-state index is 0.0286. The third kappa shape index (κ3) is 2.39. The minimum atomic E-state index is -0.0632. The summed E-state index contributed by atoms with van der Waals surface area (Å²) in [4.78, 5) is 24.9. The van der Waals surface area contributed by atoms with Crippen molar-refractivity contribution >= 4 is 11.8 Å². The molecule has 4 aliphatic rings. The monoisotopic (exact) mass is 328 g/mol. The quantitative estimate of drug-likeness (QED) is 0.543. The second-order valence-electron chi connectivity index (χ2n) is 8.29. The number of fused-ring (bicyclic) bond motifs is 5. The molecule has 2 saturated carbocycles. The van der Waals surface area contributed by atoms with Crippen molar-refractivity contribution in [3.05, 3.63) is 24.3 Å². The normalized spacial score (nSPS) is 46.7. The maximum absolute atomic E-state index is 12.6. The van der Waals surface area contributed by atoms with E-state index in [2.05, 4.69) is 31.2 Å². The number of esters is 1. The van der Waals surface area contributed by atoms with Gasteiger partial charge in [-0.05, 0) is 61.2 Å². The molecule has 0 aromatic carbocycles. The first-order valence-electron chi connectivity index (χ1n) is 9.59. The average molecular weight is 328 g/mol. The van der Waals surface area contributed by atoms with Crippen molar-refractivity contribution in [1.82, 2.24) is 0 Å². The Morgan fingerprint density at radius 2 is 1.75 bits per heavy atom. The summed E-state index contributed by atoms with van der Waals surface area (Å²) in [6, 6.07) is 0. The van der Waals surface area contributed by atoms with Gasteiger partial charge in [0.1, 0.15) is 5.78 Å². The van der Waals surface area contributed by atoms with Gasteiger partial charge in [-0.3, -0.25) is 9.59 Å². The van der Waals surface area contributed by atoms with Crippen LogP contribution >= 0.6 is 0 Å². The number of allylic oxidation sites excluding steroid dienone is 4. The van der Waals surface area contributed by atoms with Crippen LogP contribution in [0.3, 0.4) is 0 Å². The molecule has 0 radical (unpaired) electrons. The van der Waals surface area contributed by atoms with E-state index in [1.165, 1.54) is 13.5 Å². The molecule has 4 rings (SSSR count). The van der Waals surface area contributed by atoms with Crippen molar-refractivity contribution < 1.29 is 14.3 Å². The van der Waals surface area contributed by atoms with E-state index in [4.69, 9.17) is 4.74 Å². The summed E-state index contributed by atoms with van der Waals surface area (Å²) in [7, 11) is 1.50. The second-order valence-corrected chi connectivity index (χ2v) is 8.29. The van der Waals surface area contributed by atoms with Gasteiger partial charge in [0, 0.05) is 12.3 Å². The minimum Gasteiger partial charge on any atom is -0.469 e. The van der Waals surface area contributed by atoms with Crippen LogP contribution in [0.2, 0.25) is 0 Å². The Hall–Kier alpha value is -1.38. The predicted octanol–water partition coefficient (Wildman–Crippen LogP) is 3.80. The molecule has 0 saturated heterocycles. The summed E-state index contributed by atoms with van der Waals surface area (Å²) in [6.45, 7) is 2.12. The number of carbonyl (C=O) groups excluding carboxylic acids is 2. The lowest BCUT2D eigenvalue weighted by Gasteiger charge is -2.51. The molecule has 8 atom stereocenters.